The third-order valence-electron chi connectivity index (χ3n) is 3.46. The molecule has 3 N–H and O–H groups in total. The van der Waals surface area contributed by atoms with Crippen molar-refractivity contribution in [2.45, 2.75) is 31.7 Å². The normalized spacial score (nSPS) is 16.8. The molecule has 18 heavy (non-hydrogen) atoms. The Morgan fingerprint density at radius 3 is 2.50 bits per heavy atom. The molecule has 0 radical (unpaired) electrons. The van der Waals surface area contributed by atoms with Gasteiger partial charge < -0.3 is 11.1 Å². The van der Waals surface area contributed by atoms with Crippen molar-refractivity contribution < 1.29 is 0 Å². The second-order valence-electron chi connectivity index (χ2n) is 4.96. The molecule has 0 aromatic heterocycles. The van der Waals surface area contributed by atoms with Crippen LogP contribution < -0.4 is 11.1 Å². The topological polar surface area (TPSA) is 38.0 Å². The number of nitrogens with two attached hydrogens (primary N) is 1. The molecule has 1 fully saturated rings. The fourth-order valence-electron chi connectivity index (χ4n) is 2.22. The molecule has 0 spiro atoms. The van der Waals surface area contributed by atoms with Crippen molar-refractivity contribution in [2.24, 2.45) is 11.7 Å². The van der Waals surface area contributed by atoms with Crippen LogP contribution in [0.5, 0.6) is 0 Å². The van der Waals surface area contributed by atoms with Gasteiger partial charge in [0.15, 0.2) is 0 Å². The maximum atomic E-state index is 6.20. The van der Waals surface area contributed by atoms with Crippen molar-refractivity contribution >= 4 is 23.2 Å². The molecule has 0 amide bonds. The molecule has 1 aliphatic rings. The molecule has 1 saturated carbocycles. The Labute approximate surface area is 119 Å². The Kier molecular flexibility index (Phi) is 5.31. The molecule has 0 aliphatic heterocycles. The fourth-order valence-corrected chi connectivity index (χ4v) is 2.88. The van der Waals surface area contributed by atoms with Gasteiger partial charge in [0.1, 0.15) is 0 Å². The van der Waals surface area contributed by atoms with Gasteiger partial charge in [-0.15, -0.1) is 0 Å². The molecule has 0 saturated heterocycles. The zero-order chi connectivity index (χ0) is 13.0. The minimum absolute atomic E-state index is 0.0467. The second-order valence-corrected chi connectivity index (χ2v) is 5.78. The van der Waals surface area contributed by atoms with E-state index in [9.17, 15) is 0 Å². The number of benzene rings is 1. The predicted molar refractivity (Wildman–Crippen MR) is 78.2 cm³/mol. The predicted octanol–water partition coefficient (Wildman–Crippen LogP) is 3.77. The molecular weight excluding hydrogens is 267 g/mol. The van der Waals surface area contributed by atoms with Crippen LogP contribution in [-0.2, 0) is 0 Å². The third kappa shape index (κ3) is 3.86. The van der Waals surface area contributed by atoms with Gasteiger partial charge in [0, 0.05) is 28.2 Å². The summed E-state index contributed by atoms with van der Waals surface area (Å²) in [7, 11) is 0. The number of halogens is 2. The highest BCUT2D eigenvalue weighted by atomic mass is 35.5. The summed E-state index contributed by atoms with van der Waals surface area (Å²) in [5.41, 5.74) is 6.74. The van der Waals surface area contributed by atoms with E-state index in [4.69, 9.17) is 28.9 Å². The lowest BCUT2D eigenvalue weighted by Gasteiger charge is -2.19. The molecule has 1 aromatic rings. The van der Waals surface area contributed by atoms with Gasteiger partial charge in [0.2, 0.25) is 0 Å². The monoisotopic (exact) mass is 286 g/mol. The van der Waals surface area contributed by atoms with Crippen molar-refractivity contribution in [1.82, 2.24) is 5.32 Å². The van der Waals surface area contributed by atoms with Crippen molar-refractivity contribution in [3.05, 3.63) is 33.8 Å². The van der Waals surface area contributed by atoms with Gasteiger partial charge in [-0.05, 0) is 37.4 Å². The molecule has 4 heteroatoms. The summed E-state index contributed by atoms with van der Waals surface area (Å²) >= 11 is 12.4. The van der Waals surface area contributed by atoms with Crippen LogP contribution in [0.15, 0.2) is 18.2 Å². The van der Waals surface area contributed by atoms with Crippen LogP contribution in [0, 0.1) is 5.92 Å². The summed E-state index contributed by atoms with van der Waals surface area (Å²) in [6.45, 7) is 1.48. The van der Waals surface area contributed by atoms with E-state index in [1.165, 1.54) is 25.7 Å². The molecule has 0 bridgehead atoms. The van der Waals surface area contributed by atoms with Crippen molar-refractivity contribution in [3.63, 3.8) is 0 Å². The number of nitrogens with one attached hydrogen (secondary N) is 1. The molecular formula is C14H20Cl2N2. The standard InChI is InChI=1S/C14H20Cl2N2/c15-11-4-1-5-12(16)14(11)13(9-17)18-8-2-3-10-6-7-10/h1,4-5,10,13,18H,2-3,6-9,17H2. The second kappa shape index (κ2) is 6.76. The first kappa shape index (κ1) is 14.1. The minimum atomic E-state index is 0.0467. The molecule has 1 aromatic carbocycles. The van der Waals surface area contributed by atoms with E-state index in [1.54, 1.807) is 0 Å². The van der Waals surface area contributed by atoms with Crippen LogP contribution in [0.4, 0.5) is 0 Å². The maximum absolute atomic E-state index is 6.20. The number of rotatable bonds is 7. The summed E-state index contributed by atoms with van der Waals surface area (Å²) in [5, 5.41) is 4.83. The third-order valence-corrected chi connectivity index (χ3v) is 4.12. The van der Waals surface area contributed by atoms with Crippen LogP contribution >= 0.6 is 23.2 Å². The van der Waals surface area contributed by atoms with Crippen molar-refractivity contribution in [3.8, 4) is 0 Å². The smallest absolute Gasteiger partial charge is 0.0474 e. The summed E-state index contributed by atoms with van der Waals surface area (Å²) in [6.07, 6.45) is 5.34. The quantitative estimate of drug-likeness (QED) is 0.749. The van der Waals surface area contributed by atoms with E-state index in [2.05, 4.69) is 5.32 Å². The van der Waals surface area contributed by atoms with E-state index in [-0.39, 0.29) is 6.04 Å². The van der Waals surface area contributed by atoms with Gasteiger partial charge in [-0.2, -0.15) is 0 Å². The molecule has 2 rings (SSSR count). The first-order chi connectivity index (χ1) is 8.72. The van der Waals surface area contributed by atoms with Crippen LogP contribution in [0.2, 0.25) is 10.0 Å². The van der Waals surface area contributed by atoms with Crippen LogP contribution in [-0.4, -0.2) is 13.1 Å². The Hall–Kier alpha value is -0.280. The van der Waals surface area contributed by atoms with E-state index < -0.39 is 0 Å². The highest BCUT2D eigenvalue weighted by Crippen LogP contribution is 2.33. The Morgan fingerprint density at radius 1 is 1.28 bits per heavy atom. The van der Waals surface area contributed by atoms with Crippen molar-refractivity contribution in [1.29, 1.82) is 0 Å². The zero-order valence-corrected chi connectivity index (χ0v) is 12.0. The average molecular weight is 287 g/mol. The first-order valence-corrected chi connectivity index (χ1v) is 7.35. The molecule has 100 valence electrons. The highest BCUT2D eigenvalue weighted by molar-refractivity contribution is 6.36. The maximum Gasteiger partial charge on any atom is 0.0474 e. The highest BCUT2D eigenvalue weighted by Gasteiger charge is 2.21. The largest absolute Gasteiger partial charge is 0.329 e. The van der Waals surface area contributed by atoms with E-state index in [0.29, 0.717) is 16.6 Å². The van der Waals surface area contributed by atoms with Gasteiger partial charge in [-0.3, -0.25) is 0 Å². The fraction of sp³-hybridized carbons (Fsp3) is 0.571. The Balaban J connectivity index is 1.89. The summed E-state index contributed by atoms with van der Waals surface area (Å²) in [5.74, 6) is 0.979. The Bertz CT molecular complexity index is 371. The zero-order valence-electron chi connectivity index (χ0n) is 10.5. The van der Waals surface area contributed by atoms with Crippen LogP contribution in [0.25, 0.3) is 0 Å². The Morgan fingerprint density at radius 2 is 1.94 bits per heavy atom. The average Bonchev–Trinajstić information content (AvgIpc) is 3.15. The van der Waals surface area contributed by atoms with Gasteiger partial charge in [0.05, 0.1) is 0 Å². The van der Waals surface area contributed by atoms with E-state index in [1.807, 2.05) is 18.2 Å². The van der Waals surface area contributed by atoms with Crippen LogP contribution in [0.1, 0.15) is 37.3 Å². The molecule has 1 aliphatic carbocycles. The first-order valence-electron chi connectivity index (χ1n) is 6.59. The summed E-state index contributed by atoms with van der Waals surface area (Å²) < 4.78 is 0. The van der Waals surface area contributed by atoms with Crippen molar-refractivity contribution in [2.75, 3.05) is 13.1 Å². The lowest BCUT2D eigenvalue weighted by atomic mass is 10.1. The summed E-state index contributed by atoms with van der Waals surface area (Å²) in [6, 6.07) is 5.62. The molecule has 1 atom stereocenters. The molecule has 1 unspecified atom stereocenters. The van der Waals surface area contributed by atoms with Gasteiger partial charge >= 0.3 is 0 Å². The van der Waals surface area contributed by atoms with Gasteiger partial charge in [0.25, 0.3) is 0 Å². The lowest BCUT2D eigenvalue weighted by Crippen LogP contribution is -2.29. The summed E-state index contributed by atoms with van der Waals surface area (Å²) in [4.78, 5) is 0. The molecule has 0 heterocycles. The van der Waals surface area contributed by atoms with E-state index >= 15 is 0 Å². The van der Waals surface area contributed by atoms with Crippen LogP contribution in [0.3, 0.4) is 0 Å². The van der Waals surface area contributed by atoms with E-state index in [0.717, 1.165) is 18.0 Å². The number of hydrogen-bond acceptors (Lipinski definition) is 2. The minimum Gasteiger partial charge on any atom is -0.329 e. The molecule has 2 nitrogen and oxygen atoms in total. The van der Waals surface area contributed by atoms with Gasteiger partial charge in [-0.1, -0.05) is 42.1 Å². The lowest BCUT2D eigenvalue weighted by molar-refractivity contribution is 0.512. The number of hydrogen-bond donors (Lipinski definition) is 2. The van der Waals surface area contributed by atoms with Gasteiger partial charge in [-0.25, -0.2) is 0 Å². The SMILES string of the molecule is NCC(NCCCC1CC1)c1c(Cl)cccc1Cl.